The van der Waals surface area contributed by atoms with Gasteiger partial charge in [0.2, 0.25) is 5.91 Å². The van der Waals surface area contributed by atoms with Gasteiger partial charge in [0.05, 0.1) is 6.42 Å². The van der Waals surface area contributed by atoms with Gasteiger partial charge >= 0.3 is 5.97 Å². The highest BCUT2D eigenvalue weighted by Gasteiger charge is 2.12. The number of carbonyl (C=O) groups excluding carboxylic acids is 1. The molecule has 4 N–H and O–H groups in total. The van der Waals surface area contributed by atoms with Crippen molar-refractivity contribution in [3.05, 3.63) is 30.1 Å². The first kappa shape index (κ1) is 12.1. The molecule has 0 saturated heterocycles. The van der Waals surface area contributed by atoms with Crippen molar-refractivity contribution in [3.63, 3.8) is 0 Å². The second-order valence-corrected chi connectivity index (χ2v) is 3.29. The van der Waals surface area contributed by atoms with Crippen molar-refractivity contribution < 1.29 is 14.7 Å². The van der Waals surface area contributed by atoms with Gasteiger partial charge in [-0.05, 0) is 11.6 Å². The summed E-state index contributed by atoms with van der Waals surface area (Å²) >= 11 is 0. The lowest BCUT2D eigenvalue weighted by Crippen LogP contribution is -2.42. The van der Waals surface area contributed by atoms with Crippen molar-refractivity contribution in [3.8, 4) is 0 Å². The third-order valence-corrected chi connectivity index (χ3v) is 1.92. The van der Waals surface area contributed by atoms with Gasteiger partial charge in [0, 0.05) is 18.9 Å². The summed E-state index contributed by atoms with van der Waals surface area (Å²) in [6.45, 7) is -0.0750. The standard InChI is InChI=1S/C10H13N3O3/c11-8(10(15)16)6-13-9(14)4-7-2-1-3-12-5-7/h1-3,5,8H,4,6,11H2,(H,13,14)(H,15,16). The number of aliphatic carboxylic acids is 1. The molecule has 1 aromatic heterocycles. The summed E-state index contributed by atoms with van der Waals surface area (Å²) in [7, 11) is 0. The third-order valence-electron chi connectivity index (χ3n) is 1.92. The molecule has 1 aromatic rings. The Hall–Kier alpha value is -1.95. The van der Waals surface area contributed by atoms with Crippen molar-refractivity contribution >= 4 is 11.9 Å². The molecule has 0 aromatic carbocycles. The molecule has 0 fully saturated rings. The number of carboxylic acids is 1. The predicted octanol–water partition coefficient (Wildman–Crippen LogP) is -0.848. The molecule has 1 unspecified atom stereocenters. The SMILES string of the molecule is NC(CNC(=O)Cc1cccnc1)C(=O)O. The lowest BCUT2D eigenvalue weighted by atomic mass is 10.2. The average Bonchev–Trinajstić information content (AvgIpc) is 2.27. The predicted molar refractivity (Wildman–Crippen MR) is 56.6 cm³/mol. The number of nitrogens with zero attached hydrogens (tertiary/aromatic N) is 1. The smallest absolute Gasteiger partial charge is 0.322 e. The number of carbonyl (C=O) groups is 2. The Labute approximate surface area is 92.5 Å². The Balaban J connectivity index is 2.35. The van der Waals surface area contributed by atoms with Crippen LogP contribution in [0.2, 0.25) is 0 Å². The molecule has 0 aliphatic heterocycles. The van der Waals surface area contributed by atoms with E-state index in [9.17, 15) is 9.59 Å². The van der Waals surface area contributed by atoms with E-state index < -0.39 is 12.0 Å². The van der Waals surface area contributed by atoms with Crippen LogP contribution in [0.15, 0.2) is 24.5 Å². The van der Waals surface area contributed by atoms with Gasteiger partial charge in [0.25, 0.3) is 0 Å². The average molecular weight is 223 g/mol. The maximum Gasteiger partial charge on any atom is 0.322 e. The molecule has 16 heavy (non-hydrogen) atoms. The van der Waals surface area contributed by atoms with Gasteiger partial charge in [0.1, 0.15) is 6.04 Å². The van der Waals surface area contributed by atoms with Crippen LogP contribution in [-0.4, -0.2) is 34.6 Å². The zero-order valence-corrected chi connectivity index (χ0v) is 8.59. The van der Waals surface area contributed by atoms with Crippen LogP contribution in [0.5, 0.6) is 0 Å². The molecule has 0 saturated carbocycles. The number of hydrogen-bond donors (Lipinski definition) is 3. The molecule has 86 valence electrons. The fraction of sp³-hybridized carbons (Fsp3) is 0.300. The Morgan fingerprint density at radius 1 is 1.56 bits per heavy atom. The highest BCUT2D eigenvalue weighted by atomic mass is 16.4. The van der Waals surface area contributed by atoms with Crippen molar-refractivity contribution in [2.75, 3.05) is 6.54 Å². The first-order chi connectivity index (χ1) is 7.59. The van der Waals surface area contributed by atoms with Gasteiger partial charge < -0.3 is 16.2 Å². The van der Waals surface area contributed by atoms with E-state index in [0.29, 0.717) is 0 Å². The van der Waals surface area contributed by atoms with Gasteiger partial charge in [-0.1, -0.05) is 6.07 Å². The van der Waals surface area contributed by atoms with Crippen molar-refractivity contribution in [1.29, 1.82) is 0 Å². The molecule has 0 aliphatic carbocycles. The number of nitrogens with two attached hydrogens (primary N) is 1. The summed E-state index contributed by atoms with van der Waals surface area (Å²) in [4.78, 5) is 25.6. The van der Waals surface area contributed by atoms with Gasteiger partial charge in [-0.15, -0.1) is 0 Å². The molecule has 0 aliphatic rings. The maximum atomic E-state index is 11.4. The molecule has 0 radical (unpaired) electrons. The van der Waals surface area contributed by atoms with E-state index in [-0.39, 0.29) is 18.9 Å². The summed E-state index contributed by atoms with van der Waals surface area (Å²) in [5.41, 5.74) is 6.00. The molecule has 1 amide bonds. The van der Waals surface area contributed by atoms with E-state index in [2.05, 4.69) is 10.3 Å². The van der Waals surface area contributed by atoms with E-state index in [4.69, 9.17) is 10.8 Å². The summed E-state index contributed by atoms with van der Waals surface area (Å²) in [5.74, 6) is -1.41. The van der Waals surface area contributed by atoms with E-state index in [1.807, 2.05) is 0 Å². The Morgan fingerprint density at radius 3 is 2.88 bits per heavy atom. The summed E-state index contributed by atoms with van der Waals surface area (Å²) in [5, 5.41) is 10.9. The lowest BCUT2D eigenvalue weighted by molar-refractivity contribution is -0.138. The summed E-state index contributed by atoms with van der Waals surface area (Å²) < 4.78 is 0. The van der Waals surface area contributed by atoms with E-state index in [1.165, 1.54) is 0 Å². The van der Waals surface area contributed by atoms with Gasteiger partial charge in [-0.3, -0.25) is 14.6 Å². The molecule has 6 nitrogen and oxygen atoms in total. The summed E-state index contributed by atoms with van der Waals surface area (Å²) in [6.07, 6.45) is 3.36. The molecular weight excluding hydrogens is 210 g/mol. The normalized spacial score (nSPS) is 11.8. The first-order valence-corrected chi connectivity index (χ1v) is 4.73. The van der Waals surface area contributed by atoms with Crippen molar-refractivity contribution in [2.24, 2.45) is 5.73 Å². The van der Waals surface area contributed by atoms with Crippen LogP contribution in [0.4, 0.5) is 0 Å². The molecule has 1 atom stereocenters. The highest BCUT2D eigenvalue weighted by molar-refractivity contribution is 5.80. The van der Waals surface area contributed by atoms with Crippen LogP contribution in [0.25, 0.3) is 0 Å². The van der Waals surface area contributed by atoms with E-state index in [0.717, 1.165) is 5.56 Å². The van der Waals surface area contributed by atoms with E-state index >= 15 is 0 Å². The zero-order valence-electron chi connectivity index (χ0n) is 8.59. The van der Waals surface area contributed by atoms with E-state index in [1.54, 1.807) is 24.5 Å². The second kappa shape index (κ2) is 5.82. The number of rotatable bonds is 5. The lowest BCUT2D eigenvalue weighted by Gasteiger charge is -2.08. The monoisotopic (exact) mass is 223 g/mol. The van der Waals surface area contributed by atoms with Crippen LogP contribution in [0.1, 0.15) is 5.56 Å². The van der Waals surface area contributed by atoms with Crippen LogP contribution in [0.3, 0.4) is 0 Å². The van der Waals surface area contributed by atoms with Crippen LogP contribution < -0.4 is 11.1 Å². The Kier molecular flexibility index (Phi) is 4.41. The topological polar surface area (TPSA) is 105 Å². The second-order valence-electron chi connectivity index (χ2n) is 3.29. The third kappa shape index (κ3) is 4.05. The van der Waals surface area contributed by atoms with Crippen LogP contribution in [0, 0.1) is 0 Å². The largest absolute Gasteiger partial charge is 0.480 e. The summed E-state index contributed by atoms with van der Waals surface area (Å²) in [6, 6.07) is 2.42. The fourth-order valence-electron chi connectivity index (χ4n) is 1.06. The van der Waals surface area contributed by atoms with Gasteiger partial charge in [-0.2, -0.15) is 0 Å². The Morgan fingerprint density at radius 2 is 2.31 bits per heavy atom. The highest BCUT2D eigenvalue weighted by Crippen LogP contribution is 1.96. The molecule has 6 heteroatoms. The minimum Gasteiger partial charge on any atom is -0.480 e. The zero-order chi connectivity index (χ0) is 12.0. The number of amides is 1. The molecule has 1 rings (SSSR count). The Bertz CT molecular complexity index is 367. The number of aromatic nitrogens is 1. The fourth-order valence-corrected chi connectivity index (χ4v) is 1.06. The first-order valence-electron chi connectivity index (χ1n) is 4.73. The van der Waals surface area contributed by atoms with Gasteiger partial charge in [0.15, 0.2) is 0 Å². The minimum atomic E-state index is -1.14. The van der Waals surface area contributed by atoms with Gasteiger partial charge in [-0.25, -0.2) is 0 Å². The quantitative estimate of drug-likeness (QED) is 0.603. The van der Waals surface area contributed by atoms with Crippen LogP contribution >= 0.6 is 0 Å². The maximum absolute atomic E-state index is 11.4. The number of carboxylic acid groups (broad SMARTS) is 1. The molecule has 0 spiro atoms. The minimum absolute atomic E-state index is 0.0750. The van der Waals surface area contributed by atoms with Crippen LogP contribution in [-0.2, 0) is 16.0 Å². The molecular formula is C10H13N3O3. The molecule has 0 bridgehead atoms. The number of hydrogen-bond acceptors (Lipinski definition) is 4. The molecule has 1 heterocycles. The van der Waals surface area contributed by atoms with Crippen molar-refractivity contribution in [2.45, 2.75) is 12.5 Å². The number of pyridine rings is 1. The number of nitrogens with one attached hydrogen (secondary N) is 1. The van der Waals surface area contributed by atoms with Crippen molar-refractivity contribution in [1.82, 2.24) is 10.3 Å².